The minimum absolute atomic E-state index is 0.0464. The summed E-state index contributed by atoms with van der Waals surface area (Å²) in [5.41, 5.74) is 6.30. The number of anilines is 1. The Balaban J connectivity index is 1.64. The van der Waals surface area contributed by atoms with E-state index in [0.29, 0.717) is 71.1 Å². The summed E-state index contributed by atoms with van der Waals surface area (Å²) < 4.78 is 39.6. The summed E-state index contributed by atoms with van der Waals surface area (Å²) in [6, 6.07) is 7.66. The molecule has 1 aliphatic heterocycles. The number of ether oxygens (including phenoxy) is 7. The number of rotatable bonds is 49. The Hall–Kier alpha value is -7.58. The first-order chi connectivity index (χ1) is 47.1. The molecule has 0 radical (unpaired) electrons. The topological polar surface area (TPSA) is 399 Å². The smallest absolute Gasteiger partial charge is 0.326 e. The van der Waals surface area contributed by atoms with Crippen molar-refractivity contribution in [2.75, 3.05) is 113 Å². The first-order valence-electron chi connectivity index (χ1n) is 34.2. The summed E-state index contributed by atoms with van der Waals surface area (Å²) in [6.07, 6.45) is 0.388. The number of nitrogens with one attached hydrogen (secondary N) is 6. The number of primary amides is 1. The van der Waals surface area contributed by atoms with E-state index in [-0.39, 0.29) is 82.0 Å². The number of hydrogen-bond acceptors (Lipinski definition) is 19. The Bertz CT molecular complexity index is 2800. The molecule has 0 saturated carbocycles. The molecule has 1 saturated heterocycles. The lowest BCUT2D eigenvalue weighted by molar-refractivity contribution is -0.149. The van der Waals surface area contributed by atoms with Crippen LogP contribution in [0.5, 0.6) is 5.75 Å². The lowest BCUT2D eigenvalue weighted by atomic mass is 9.89. The highest BCUT2D eigenvalue weighted by atomic mass is 16.6. The maximum Gasteiger partial charge on any atom is 0.326 e. The molecule has 99 heavy (non-hydrogen) atoms. The maximum absolute atomic E-state index is 14.8. The van der Waals surface area contributed by atoms with Gasteiger partial charge in [-0.25, -0.2) is 15.5 Å². The fourth-order valence-electron chi connectivity index (χ4n) is 11.7. The molecular formula is C69H113N11O19. The second-order valence-corrected chi connectivity index (χ2v) is 25.8. The van der Waals surface area contributed by atoms with Crippen LogP contribution in [0.3, 0.4) is 0 Å². The average Bonchev–Trinajstić information content (AvgIpc) is 1.40. The Labute approximate surface area is 583 Å². The van der Waals surface area contributed by atoms with Crippen LogP contribution in [0.15, 0.2) is 54.6 Å². The number of methoxy groups -OCH3 is 2. The summed E-state index contributed by atoms with van der Waals surface area (Å²) >= 11 is 0. The van der Waals surface area contributed by atoms with Crippen LogP contribution in [0.4, 0.5) is 10.5 Å². The van der Waals surface area contributed by atoms with Gasteiger partial charge < -0.3 is 95.4 Å². The number of aliphatic carboxylic acids is 1. The van der Waals surface area contributed by atoms with Gasteiger partial charge in [0, 0.05) is 59.9 Å². The lowest BCUT2D eigenvalue weighted by Crippen LogP contribution is -2.60. The van der Waals surface area contributed by atoms with Crippen molar-refractivity contribution in [3.63, 3.8) is 0 Å². The van der Waals surface area contributed by atoms with E-state index in [4.69, 9.17) is 44.8 Å². The highest BCUT2D eigenvalue weighted by Gasteiger charge is 2.44. The summed E-state index contributed by atoms with van der Waals surface area (Å²) in [5, 5.41) is 26.4. The molecule has 2 aromatic carbocycles. The first kappa shape index (κ1) is 85.6. The number of amides is 10. The molecule has 30 nitrogen and oxygen atoms in total. The van der Waals surface area contributed by atoms with E-state index in [1.54, 1.807) is 84.7 Å². The molecule has 0 bridgehead atoms. The molecule has 0 spiro atoms. The zero-order valence-electron chi connectivity index (χ0n) is 60.2. The summed E-state index contributed by atoms with van der Waals surface area (Å²) in [7, 11) is 6.02. The number of hydrogen-bond donors (Lipinski definition) is 9. The summed E-state index contributed by atoms with van der Waals surface area (Å²) in [5.74, 6) is -2.34. The van der Waals surface area contributed by atoms with Crippen LogP contribution in [-0.4, -0.2) is 241 Å². The molecule has 2 aromatic rings. The monoisotopic (exact) mass is 1400 g/mol. The quantitative estimate of drug-likeness (QED) is 0.0340. The number of carbonyl (C=O) groups is 10. The number of nitrogens with zero attached hydrogens (tertiary/aromatic N) is 3. The van der Waals surface area contributed by atoms with Gasteiger partial charge in [-0.3, -0.25) is 38.4 Å². The molecule has 0 unspecified atom stereocenters. The second kappa shape index (κ2) is 46.0. The maximum atomic E-state index is 14.8. The van der Waals surface area contributed by atoms with Crippen LogP contribution in [0, 0.1) is 29.6 Å². The van der Waals surface area contributed by atoms with Crippen molar-refractivity contribution in [2.45, 2.75) is 168 Å². The van der Waals surface area contributed by atoms with E-state index in [1.807, 2.05) is 19.9 Å². The van der Waals surface area contributed by atoms with Gasteiger partial charge in [0.1, 0.15) is 36.0 Å². The average molecular weight is 1400 g/mol. The van der Waals surface area contributed by atoms with Crippen LogP contribution in [0.2, 0.25) is 0 Å². The van der Waals surface area contributed by atoms with Crippen molar-refractivity contribution in [3.05, 3.63) is 60.2 Å². The molecule has 1 heterocycles. The minimum Gasteiger partial charge on any atom is -0.484 e. The van der Waals surface area contributed by atoms with Gasteiger partial charge in [-0.05, 0) is 79.2 Å². The molecule has 30 heteroatoms. The SMILES string of the molecule is CC[C@H](C)[C@@H]([C@@H](CC(=O)N1CCC[C@H]1[C@H](OC)[C@@H](C)C(=O)N[C@@H](Cc1ccccc1)C(=O)O)OC)N(C)C(=O)[C@@H](NC(=O)[C@H](C(C)C)N(C)C(=O)COc1ccc(NC(=O)[C@H](CCCNC(N)=O)NC(=O)[C@@H](NC(=O)CCOCCOCCOCCOCCON)C(C)C)cc1)C(C)C. The van der Waals surface area contributed by atoms with Gasteiger partial charge in [-0.15, -0.1) is 0 Å². The normalized spacial score (nSPS) is 16.1. The molecule has 0 aromatic heterocycles. The van der Waals surface area contributed by atoms with Crippen LogP contribution >= 0.6 is 0 Å². The minimum atomic E-state index is -1.19. The fraction of sp³-hybridized carbons (Fsp3) is 0.681. The van der Waals surface area contributed by atoms with E-state index in [9.17, 15) is 53.1 Å². The third kappa shape index (κ3) is 29.6. The van der Waals surface area contributed by atoms with Crippen molar-refractivity contribution in [1.29, 1.82) is 0 Å². The summed E-state index contributed by atoms with van der Waals surface area (Å²) in [4.78, 5) is 145. The molecule has 1 aliphatic rings. The predicted octanol–water partition coefficient (Wildman–Crippen LogP) is 2.78. The van der Waals surface area contributed by atoms with Gasteiger partial charge in [-0.2, -0.15) is 0 Å². The number of carboxylic acids is 1. The molecule has 11 N–H and O–H groups in total. The highest BCUT2D eigenvalue weighted by Crippen LogP contribution is 2.30. The lowest BCUT2D eigenvalue weighted by Gasteiger charge is -2.41. The van der Waals surface area contributed by atoms with Crippen LogP contribution in [-0.2, 0) is 82.8 Å². The van der Waals surface area contributed by atoms with Crippen LogP contribution < -0.4 is 48.3 Å². The molecular weight excluding hydrogens is 1290 g/mol. The van der Waals surface area contributed by atoms with Gasteiger partial charge in [-0.1, -0.05) is 99.1 Å². The molecule has 558 valence electrons. The van der Waals surface area contributed by atoms with E-state index in [2.05, 4.69) is 36.7 Å². The number of urea groups is 1. The van der Waals surface area contributed by atoms with E-state index >= 15 is 0 Å². The number of nitrogens with two attached hydrogens (primary N) is 2. The molecule has 1 fully saturated rings. The van der Waals surface area contributed by atoms with Gasteiger partial charge in [0.15, 0.2) is 6.61 Å². The summed E-state index contributed by atoms with van der Waals surface area (Å²) in [6.45, 7) is 18.9. The Morgan fingerprint density at radius 1 is 0.667 bits per heavy atom. The zero-order chi connectivity index (χ0) is 73.7. The van der Waals surface area contributed by atoms with E-state index < -0.39 is 132 Å². The largest absolute Gasteiger partial charge is 0.484 e. The first-order valence-corrected chi connectivity index (χ1v) is 34.2. The fourth-order valence-corrected chi connectivity index (χ4v) is 11.7. The van der Waals surface area contributed by atoms with Crippen LogP contribution in [0.25, 0.3) is 0 Å². The number of likely N-dealkylation sites (N-methyl/N-ethyl adjacent to an activating group) is 2. The standard InChI is InChI=1S/C69H113N11O19/c1-14-46(8)61(54(92-12)41-56(82)80-30-19-23-53(80)62(93-13)47(9)63(84)75-52(68(89)90)40-48-20-16-15-17-21-48)79(11)67(88)59(44(4)5)77-66(87)60(45(6)7)78(10)57(83)42-98-50-26-24-49(25-27-50)73-64(85)51(22-18-29-72-69(70)91)74-65(86)58(43(2)3)76-55(81)28-31-94-32-33-95-34-35-96-36-37-97-38-39-99-71/h15-17,20-21,24-27,43-47,51-54,58-62H,14,18-19,22-23,28-42,71H2,1-13H3,(H,73,85)(H,74,86)(H,75,84)(H,76,81)(H,77,87)(H,89,90)(H3,70,72,91)/t46-,47+,51-,52-,53-,54+,58-,59-,60-,61-,62+/m0/s1. The molecule has 11 atom stereocenters. The van der Waals surface area contributed by atoms with Gasteiger partial charge in [0.25, 0.3) is 5.91 Å². The van der Waals surface area contributed by atoms with Crippen molar-refractivity contribution in [3.8, 4) is 5.75 Å². The third-order valence-electron chi connectivity index (χ3n) is 17.4. The van der Waals surface area contributed by atoms with Crippen molar-refractivity contribution in [1.82, 2.24) is 41.3 Å². The zero-order valence-corrected chi connectivity index (χ0v) is 60.2. The molecule has 10 amide bonds. The van der Waals surface area contributed by atoms with Crippen molar-refractivity contribution < 1.29 is 91.0 Å². The molecule has 0 aliphatic carbocycles. The van der Waals surface area contributed by atoms with Gasteiger partial charge in [0.2, 0.25) is 41.4 Å². The number of carbonyl (C=O) groups excluding carboxylic acids is 9. The van der Waals surface area contributed by atoms with Gasteiger partial charge >= 0.3 is 12.0 Å². The highest BCUT2D eigenvalue weighted by molar-refractivity contribution is 5.99. The Morgan fingerprint density at radius 3 is 1.79 bits per heavy atom. The van der Waals surface area contributed by atoms with E-state index in [0.717, 1.165) is 5.56 Å². The number of carboxylic acid groups (broad SMARTS) is 1. The Kier molecular flexibility index (Phi) is 39.8. The molecule has 3 rings (SSSR count). The number of benzene rings is 2. The third-order valence-corrected chi connectivity index (χ3v) is 17.4. The predicted molar refractivity (Wildman–Crippen MR) is 368 cm³/mol. The van der Waals surface area contributed by atoms with Crippen molar-refractivity contribution in [2.24, 2.45) is 41.2 Å². The Morgan fingerprint density at radius 2 is 1.25 bits per heavy atom. The van der Waals surface area contributed by atoms with Gasteiger partial charge in [0.05, 0.1) is 96.1 Å². The van der Waals surface area contributed by atoms with E-state index in [1.165, 1.54) is 55.3 Å². The number of likely N-dealkylation sites (tertiary alicyclic amines) is 1. The van der Waals surface area contributed by atoms with Crippen LogP contribution in [0.1, 0.15) is 113 Å². The van der Waals surface area contributed by atoms with Crippen molar-refractivity contribution >= 4 is 64.9 Å². The second-order valence-electron chi connectivity index (χ2n) is 25.8.